The third-order valence-corrected chi connectivity index (χ3v) is 1.92. The smallest absolute Gasteiger partial charge is 0.371 e. The lowest BCUT2D eigenvalue weighted by molar-refractivity contribution is -0.121. The largest absolute Gasteiger partial charge is 0.475 e. The van der Waals surface area contributed by atoms with Crippen molar-refractivity contribution in [1.82, 2.24) is 5.32 Å². The zero-order chi connectivity index (χ0) is 12.8. The minimum atomic E-state index is -1.12. The highest BCUT2D eigenvalue weighted by molar-refractivity contribution is 5.84. The first-order valence-electron chi connectivity index (χ1n) is 5.35. The van der Waals surface area contributed by atoms with Crippen molar-refractivity contribution < 1.29 is 19.1 Å². The lowest BCUT2D eigenvalue weighted by Gasteiger charge is -2.08. The predicted octanol–water partition coefficient (Wildman–Crippen LogP) is 1.30. The molecule has 17 heavy (non-hydrogen) atoms. The van der Waals surface area contributed by atoms with E-state index in [2.05, 4.69) is 10.6 Å². The van der Waals surface area contributed by atoms with Crippen molar-refractivity contribution in [1.29, 1.82) is 0 Å². The van der Waals surface area contributed by atoms with E-state index in [1.165, 1.54) is 12.1 Å². The molecule has 0 aliphatic rings. The first-order valence-corrected chi connectivity index (χ1v) is 5.35. The van der Waals surface area contributed by atoms with Gasteiger partial charge in [0.05, 0.1) is 0 Å². The number of aromatic carboxylic acids is 1. The molecular formula is C11H16N2O4. The summed E-state index contributed by atoms with van der Waals surface area (Å²) in [5.41, 5.74) is 0. The van der Waals surface area contributed by atoms with E-state index in [4.69, 9.17) is 9.52 Å². The number of carbonyl (C=O) groups excluding carboxylic acids is 1. The molecule has 0 fully saturated rings. The number of rotatable bonds is 6. The minimum Gasteiger partial charge on any atom is -0.475 e. The molecule has 0 aliphatic carbocycles. The second-order valence-corrected chi connectivity index (χ2v) is 3.87. The zero-order valence-corrected chi connectivity index (χ0v) is 9.82. The number of carboxylic acid groups (broad SMARTS) is 1. The SMILES string of the molecule is CC(C)NC(=O)CCNc1ccc(C(=O)O)o1. The molecule has 3 N–H and O–H groups in total. The summed E-state index contributed by atoms with van der Waals surface area (Å²) in [5.74, 6) is -0.952. The molecule has 0 radical (unpaired) electrons. The van der Waals surface area contributed by atoms with E-state index in [1.54, 1.807) is 0 Å². The number of carboxylic acids is 1. The van der Waals surface area contributed by atoms with E-state index >= 15 is 0 Å². The second-order valence-electron chi connectivity index (χ2n) is 3.87. The Hall–Kier alpha value is -1.98. The molecule has 0 atom stereocenters. The summed E-state index contributed by atoms with van der Waals surface area (Å²) in [6.45, 7) is 4.17. The summed E-state index contributed by atoms with van der Waals surface area (Å²) in [4.78, 5) is 21.8. The van der Waals surface area contributed by atoms with Gasteiger partial charge in [0.1, 0.15) is 0 Å². The molecule has 0 saturated carbocycles. The second kappa shape index (κ2) is 5.93. The molecule has 1 aromatic heterocycles. The molecule has 6 heteroatoms. The van der Waals surface area contributed by atoms with Gasteiger partial charge in [0.2, 0.25) is 11.7 Å². The van der Waals surface area contributed by atoms with E-state index in [-0.39, 0.29) is 17.7 Å². The maximum Gasteiger partial charge on any atom is 0.371 e. The van der Waals surface area contributed by atoms with Gasteiger partial charge in [-0.25, -0.2) is 4.79 Å². The van der Waals surface area contributed by atoms with Crippen LogP contribution < -0.4 is 10.6 Å². The molecule has 0 bridgehead atoms. The number of nitrogens with one attached hydrogen (secondary N) is 2. The van der Waals surface area contributed by atoms with Gasteiger partial charge in [0, 0.05) is 25.1 Å². The Morgan fingerprint density at radius 2 is 2.12 bits per heavy atom. The van der Waals surface area contributed by atoms with Crippen LogP contribution in [0, 0.1) is 0 Å². The summed E-state index contributed by atoms with van der Waals surface area (Å²) in [7, 11) is 0. The molecule has 1 heterocycles. The van der Waals surface area contributed by atoms with Gasteiger partial charge in [-0.05, 0) is 19.9 Å². The van der Waals surface area contributed by atoms with E-state index < -0.39 is 5.97 Å². The van der Waals surface area contributed by atoms with Crippen LogP contribution in [0.25, 0.3) is 0 Å². The maximum atomic E-state index is 11.3. The molecule has 0 aromatic carbocycles. The number of carbonyl (C=O) groups is 2. The van der Waals surface area contributed by atoms with Crippen LogP contribution in [0.1, 0.15) is 30.8 Å². The Labute approximate surface area is 99.0 Å². The summed E-state index contributed by atoms with van der Waals surface area (Å²) in [6.07, 6.45) is 0.307. The van der Waals surface area contributed by atoms with Crippen LogP contribution in [0.2, 0.25) is 0 Å². The quantitative estimate of drug-likeness (QED) is 0.697. The predicted molar refractivity (Wildman–Crippen MR) is 62.1 cm³/mol. The highest BCUT2D eigenvalue weighted by Gasteiger charge is 2.09. The normalized spacial score (nSPS) is 10.3. The third-order valence-electron chi connectivity index (χ3n) is 1.92. The van der Waals surface area contributed by atoms with Crippen molar-refractivity contribution in [3.63, 3.8) is 0 Å². The summed E-state index contributed by atoms with van der Waals surface area (Å²) in [5, 5.41) is 14.2. The Kier molecular flexibility index (Phi) is 4.56. The average molecular weight is 240 g/mol. The van der Waals surface area contributed by atoms with Gasteiger partial charge in [-0.15, -0.1) is 0 Å². The maximum absolute atomic E-state index is 11.3. The lowest BCUT2D eigenvalue weighted by atomic mass is 10.3. The number of anilines is 1. The van der Waals surface area contributed by atoms with Crippen molar-refractivity contribution in [2.75, 3.05) is 11.9 Å². The minimum absolute atomic E-state index is 0.0579. The number of hydrogen-bond acceptors (Lipinski definition) is 4. The van der Waals surface area contributed by atoms with Gasteiger partial charge in [-0.1, -0.05) is 0 Å². The van der Waals surface area contributed by atoms with Gasteiger partial charge in [-0.3, -0.25) is 4.79 Å². The van der Waals surface area contributed by atoms with Crippen LogP contribution >= 0.6 is 0 Å². The number of furan rings is 1. The molecule has 94 valence electrons. The van der Waals surface area contributed by atoms with E-state index in [1.807, 2.05) is 13.8 Å². The fourth-order valence-corrected chi connectivity index (χ4v) is 1.24. The van der Waals surface area contributed by atoms with Crippen molar-refractivity contribution in [3.8, 4) is 0 Å². The molecule has 0 aliphatic heterocycles. The average Bonchev–Trinajstić information content (AvgIpc) is 2.65. The molecule has 1 amide bonds. The highest BCUT2D eigenvalue weighted by Crippen LogP contribution is 2.12. The summed E-state index contributed by atoms with van der Waals surface area (Å²) >= 11 is 0. The number of amides is 1. The Balaban J connectivity index is 2.31. The fraction of sp³-hybridized carbons (Fsp3) is 0.455. The lowest BCUT2D eigenvalue weighted by Crippen LogP contribution is -2.31. The molecule has 6 nitrogen and oxygen atoms in total. The summed E-state index contributed by atoms with van der Waals surface area (Å²) < 4.78 is 4.97. The van der Waals surface area contributed by atoms with E-state index in [9.17, 15) is 9.59 Å². The van der Waals surface area contributed by atoms with Crippen molar-refractivity contribution in [2.45, 2.75) is 26.3 Å². The van der Waals surface area contributed by atoms with Crippen LogP contribution in [0.15, 0.2) is 16.5 Å². The van der Waals surface area contributed by atoms with Crippen molar-refractivity contribution in [2.24, 2.45) is 0 Å². The third kappa shape index (κ3) is 4.58. The molecule has 0 saturated heterocycles. The Morgan fingerprint density at radius 1 is 1.41 bits per heavy atom. The number of hydrogen-bond donors (Lipinski definition) is 3. The van der Waals surface area contributed by atoms with E-state index in [0.29, 0.717) is 18.8 Å². The van der Waals surface area contributed by atoms with Gasteiger partial charge >= 0.3 is 5.97 Å². The van der Waals surface area contributed by atoms with Gasteiger partial charge in [0.15, 0.2) is 5.88 Å². The van der Waals surface area contributed by atoms with Crippen LogP contribution in [-0.2, 0) is 4.79 Å². The van der Waals surface area contributed by atoms with Crippen LogP contribution in [0.5, 0.6) is 0 Å². The van der Waals surface area contributed by atoms with Crippen molar-refractivity contribution in [3.05, 3.63) is 17.9 Å². The van der Waals surface area contributed by atoms with E-state index in [0.717, 1.165) is 0 Å². The van der Waals surface area contributed by atoms with Gasteiger partial charge in [-0.2, -0.15) is 0 Å². The first-order chi connectivity index (χ1) is 7.99. The fourth-order valence-electron chi connectivity index (χ4n) is 1.24. The molecule has 1 aromatic rings. The first kappa shape index (κ1) is 13.1. The molecule has 0 spiro atoms. The van der Waals surface area contributed by atoms with Crippen LogP contribution in [0.4, 0.5) is 5.88 Å². The standard InChI is InChI=1S/C11H16N2O4/c1-7(2)13-9(14)5-6-12-10-4-3-8(17-10)11(15)16/h3-4,7,12H,5-6H2,1-2H3,(H,13,14)(H,15,16). The monoisotopic (exact) mass is 240 g/mol. The molecule has 0 unspecified atom stereocenters. The Morgan fingerprint density at radius 3 is 2.65 bits per heavy atom. The van der Waals surface area contributed by atoms with Gasteiger partial charge in [0.25, 0.3) is 0 Å². The van der Waals surface area contributed by atoms with Crippen LogP contribution in [-0.4, -0.2) is 29.6 Å². The van der Waals surface area contributed by atoms with Crippen molar-refractivity contribution >= 4 is 17.8 Å². The van der Waals surface area contributed by atoms with Gasteiger partial charge < -0.3 is 20.2 Å². The zero-order valence-electron chi connectivity index (χ0n) is 9.82. The highest BCUT2D eigenvalue weighted by atomic mass is 16.4. The topological polar surface area (TPSA) is 91.6 Å². The van der Waals surface area contributed by atoms with Crippen LogP contribution in [0.3, 0.4) is 0 Å². The Bertz CT molecular complexity index is 398. The molecule has 1 rings (SSSR count). The summed E-state index contributed by atoms with van der Waals surface area (Å²) in [6, 6.07) is 2.99. The molecular weight excluding hydrogens is 224 g/mol.